The van der Waals surface area contributed by atoms with E-state index in [1.165, 1.54) is 0 Å². The van der Waals surface area contributed by atoms with E-state index in [4.69, 9.17) is 0 Å². The van der Waals surface area contributed by atoms with Gasteiger partial charge in [-0.05, 0) is 39.2 Å². The molecule has 2 amide bonds. The van der Waals surface area contributed by atoms with Crippen LogP contribution in [0.1, 0.15) is 57.3 Å². The minimum Gasteiger partial charge on any atom is -0.335 e. The summed E-state index contributed by atoms with van der Waals surface area (Å²) in [4.78, 5) is 29.8. The van der Waals surface area contributed by atoms with Gasteiger partial charge in [-0.1, -0.05) is 19.8 Å². The van der Waals surface area contributed by atoms with E-state index in [0.717, 1.165) is 43.5 Å². The summed E-state index contributed by atoms with van der Waals surface area (Å²) in [5.74, 6) is 0.306. The Hall–Kier alpha value is -1.85. The highest BCUT2D eigenvalue weighted by Crippen LogP contribution is 2.53. The van der Waals surface area contributed by atoms with Crippen LogP contribution in [0.4, 0.5) is 0 Å². The maximum absolute atomic E-state index is 13.2. The van der Waals surface area contributed by atoms with Crippen molar-refractivity contribution in [1.82, 2.24) is 19.6 Å². The van der Waals surface area contributed by atoms with Gasteiger partial charge in [-0.2, -0.15) is 5.10 Å². The van der Waals surface area contributed by atoms with E-state index < -0.39 is 0 Å². The number of hydrogen-bond donors (Lipinski definition) is 0. The first kappa shape index (κ1) is 17.6. The molecule has 0 radical (unpaired) electrons. The second-order valence-corrected chi connectivity index (χ2v) is 8.74. The highest BCUT2D eigenvalue weighted by atomic mass is 16.2. The summed E-state index contributed by atoms with van der Waals surface area (Å²) >= 11 is 0. The Bertz CT molecular complexity index is 742. The minimum absolute atomic E-state index is 0.0236. The Morgan fingerprint density at radius 3 is 2.54 bits per heavy atom. The van der Waals surface area contributed by atoms with E-state index in [1.54, 1.807) is 6.92 Å². The molecule has 0 aromatic carbocycles. The smallest absolute Gasteiger partial charge is 0.244 e. The van der Waals surface area contributed by atoms with Gasteiger partial charge in [-0.15, -0.1) is 0 Å². The topological polar surface area (TPSA) is 58.4 Å². The van der Waals surface area contributed by atoms with Crippen LogP contribution in [0.25, 0.3) is 0 Å². The molecular formula is C20H30N4O2. The number of aryl methyl sites for hydroxylation is 2. The lowest BCUT2D eigenvalue weighted by molar-refractivity contribution is -0.140. The molecule has 3 heterocycles. The van der Waals surface area contributed by atoms with E-state index in [1.807, 2.05) is 24.6 Å². The second-order valence-electron chi connectivity index (χ2n) is 8.74. The van der Waals surface area contributed by atoms with Crippen molar-refractivity contribution >= 4 is 11.8 Å². The lowest BCUT2D eigenvalue weighted by atomic mass is 9.71. The first-order chi connectivity index (χ1) is 12.3. The molecule has 0 N–H and O–H groups in total. The van der Waals surface area contributed by atoms with Crippen LogP contribution in [-0.4, -0.2) is 56.1 Å². The maximum atomic E-state index is 13.2. The zero-order valence-electron chi connectivity index (χ0n) is 16.4. The number of aromatic nitrogens is 2. The molecule has 3 fully saturated rings. The lowest BCUT2D eigenvalue weighted by Crippen LogP contribution is -2.56. The normalized spacial score (nSPS) is 33.3. The fraction of sp³-hybridized carbons (Fsp3) is 0.750. The number of piperidine rings is 1. The first-order valence-corrected chi connectivity index (χ1v) is 9.90. The molecule has 142 valence electrons. The fourth-order valence-electron chi connectivity index (χ4n) is 5.97. The van der Waals surface area contributed by atoms with Crippen LogP contribution in [0.2, 0.25) is 0 Å². The fourth-order valence-corrected chi connectivity index (χ4v) is 5.97. The number of carbonyl (C=O) groups is 2. The SMILES string of the molecule is CC(=O)N1[C@@H]2CN(C(=O)Cn3nc(C)cc3C)[C@@H]3CCCC[C@H]1[C@]3(C)C2. The van der Waals surface area contributed by atoms with E-state index in [0.29, 0.717) is 13.1 Å². The Morgan fingerprint density at radius 1 is 1.23 bits per heavy atom. The predicted octanol–water partition coefficient (Wildman–Crippen LogP) is 2.28. The van der Waals surface area contributed by atoms with Crippen LogP contribution in [0.3, 0.4) is 0 Å². The average molecular weight is 358 g/mol. The van der Waals surface area contributed by atoms with Crippen molar-refractivity contribution in [2.75, 3.05) is 6.54 Å². The third-order valence-corrected chi connectivity index (χ3v) is 6.99. The Kier molecular flexibility index (Phi) is 4.12. The zero-order valence-corrected chi connectivity index (χ0v) is 16.4. The zero-order chi connectivity index (χ0) is 18.6. The van der Waals surface area contributed by atoms with Crippen molar-refractivity contribution in [3.05, 3.63) is 17.5 Å². The number of nitrogens with zero attached hydrogens (tertiary/aromatic N) is 4. The van der Waals surface area contributed by atoms with Gasteiger partial charge in [0.05, 0.1) is 11.7 Å². The van der Waals surface area contributed by atoms with Gasteiger partial charge in [-0.3, -0.25) is 14.3 Å². The van der Waals surface area contributed by atoms with Gasteiger partial charge in [0, 0.05) is 36.7 Å². The molecule has 26 heavy (non-hydrogen) atoms. The molecule has 6 nitrogen and oxygen atoms in total. The van der Waals surface area contributed by atoms with Crippen molar-refractivity contribution in [3.63, 3.8) is 0 Å². The number of hydrogen-bond acceptors (Lipinski definition) is 3. The number of likely N-dealkylation sites (tertiary alicyclic amines) is 2. The summed E-state index contributed by atoms with van der Waals surface area (Å²) in [5.41, 5.74) is 1.99. The van der Waals surface area contributed by atoms with Gasteiger partial charge in [-0.25, -0.2) is 0 Å². The third kappa shape index (κ3) is 2.57. The highest BCUT2D eigenvalue weighted by molar-refractivity contribution is 5.78. The molecule has 1 aromatic heterocycles. The summed E-state index contributed by atoms with van der Waals surface area (Å²) in [6.45, 7) is 8.92. The molecule has 2 aliphatic heterocycles. The number of amides is 2. The van der Waals surface area contributed by atoms with Gasteiger partial charge in [0.15, 0.2) is 0 Å². The predicted molar refractivity (Wildman–Crippen MR) is 98.5 cm³/mol. The Morgan fingerprint density at radius 2 is 1.92 bits per heavy atom. The molecule has 1 aliphatic carbocycles. The van der Waals surface area contributed by atoms with Crippen LogP contribution in [0.15, 0.2) is 6.07 Å². The van der Waals surface area contributed by atoms with Crippen LogP contribution in [0.5, 0.6) is 0 Å². The number of fused-ring (bicyclic) bond motifs is 1. The van der Waals surface area contributed by atoms with Crippen LogP contribution >= 0.6 is 0 Å². The van der Waals surface area contributed by atoms with Crippen LogP contribution in [0, 0.1) is 19.3 Å². The lowest BCUT2D eigenvalue weighted by Gasteiger charge is -2.46. The van der Waals surface area contributed by atoms with Gasteiger partial charge < -0.3 is 9.80 Å². The monoisotopic (exact) mass is 358 g/mol. The van der Waals surface area contributed by atoms with Crippen LogP contribution in [-0.2, 0) is 16.1 Å². The Balaban J connectivity index is 1.64. The molecule has 1 saturated carbocycles. The first-order valence-electron chi connectivity index (χ1n) is 9.90. The molecular weight excluding hydrogens is 328 g/mol. The van der Waals surface area contributed by atoms with E-state index >= 15 is 0 Å². The maximum Gasteiger partial charge on any atom is 0.244 e. The Labute approximate surface area is 155 Å². The van der Waals surface area contributed by atoms with Gasteiger partial charge >= 0.3 is 0 Å². The molecule has 2 bridgehead atoms. The molecule has 1 aromatic rings. The summed E-state index contributed by atoms with van der Waals surface area (Å²) < 4.78 is 1.81. The summed E-state index contributed by atoms with van der Waals surface area (Å²) in [6.07, 6.45) is 5.44. The standard InChI is InChI=1S/C20H30N4O2/c1-13-9-14(2)23(21-13)12-19(26)22-11-16-10-20(4)17(22)7-5-6-8-18(20)24(16)15(3)25/h9,16-18H,5-8,10-12H2,1-4H3/t16-,17+,18-,20+/m0/s1. The van der Waals surface area contributed by atoms with Crippen LogP contribution < -0.4 is 0 Å². The van der Waals surface area contributed by atoms with Crippen molar-refractivity contribution in [2.45, 2.75) is 84.5 Å². The number of carbonyl (C=O) groups excluding carboxylic acids is 2. The summed E-state index contributed by atoms with van der Waals surface area (Å²) in [6, 6.07) is 2.69. The molecule has 4 atom stereocenters. The van der Waals surface area contributed by atoms with Crippen molar-refractivity contribution in [1.29, 1.82) is 0 Å². The van der Waals surface area contributed by atoms with Crippen molar-refractivity contribution < 1.29 is 9.59 Å². The quantitative estimate of drug-likeness (QED) is 0.815. The average Bonchev–Trinajstić information content (AvgIpc) is 2.92. The minimum atomic E-state index is 0.0236. The number of rotatable bonds is 2. The molecule has 4 rings (SSSR count). The molecule has 6 heteroatoms. The van der Waals surface area contributed by atoms with E-state index in [9.17, 15) is 9.59 Å². The summed E-state index contributed by atoms with van der Waals surface area (Å²) in [5, 5.41) is 4.46. The molecule has 3 aliphatic rings. The molecule has 0 unspecified atom stereocenters. The van der Waals surface area contributed by atoms with E-state index in [-0.39, 0.29) is 35.4 Å². The van der Waals surface area contributed by atoms with E-state index in [2.05, 4.69) is 21.8 Å². The van der Waals surface area contributed by atoms with Gasteiger partial charge in [0.25, 0.3) is 0 Å². The highest BCUT2D eigenvalue weighted by Gasteiger charge is 2.60. The third-order valence-electron chi connectivity index (χ3n) is 6.99. The van der Waals surface area contributed by atoms with Crippen molar-refractivity contribution in [2.24, 2.45) is 5.41 Å². The van der Waals surface area contributed by atoms with Gasteiger partial charge in [0.2, 0.25) is 11.8 Å². The molecule has 2 saturated heterocycles. The second kappa shape index (κ2) is 6.10. The largest absolute Gasteiger partial charge is 0.335 e. The summed E-state index contributed by atoms with van der Waals surface area (Å²) in [7, 11) is 0. The van der Waals surface area contributed by atoms with Gasteiger partial charge in [0.1, 0.15) is 6.54 Å². The van der Waals surface area contributed by atoms with Crippen molar-refractivity contribution in [3.8, 4) is 0 Å². The molecule has 0 spiro atoms.